The number of ether oxygens (including phenoxy) is 2. The van der Waals surface area contributed by atoms with E-state index in [1.165, 1.54) is 12.7 Å². The van der Waals surface area contributed by atoms with Crippen LogP contribution in [0.4, 0.5) is 0 Å². The van der Waals surface area contributed by atoms with Gasteiger partial charge in [0.2, 0.25) is 0 Å². The zero-order valence-electron chi connectivity index (χ0n) is 16.2. The highest BCUT2D eigenvalue weighted by Gasteiger charge is 2.36. The fourth-order valence-electron chi connectivity index (χ4n) is 3.06. The van der Waals surface area contributed by atoms with E-state index in [-0.39, 0.29) is 47.9 Å². The van der Waals surface area contributed by atoms with Gasteiger partial charge in [0.05, 0.1) is 19.6 Å². The third kappa shape index (κ3) is 6.03. The number of hydrogen-bond donors (Lipinski definition) is 1. The maximum atomic E-state index is 11.8. The summed E-state index contributed by atoms with van der Waals surface area (Å²) in [6.45, 7) is 8.18. The molecule has 0 radical (unpaired) electrons. The lowest BCUT2D eigenvalue weighted by Crippen LogP contribution is -2.44. The highest BCUT2D eigenvalue weighted by molar-refractivity contribution is 14.0. The molecule has 3 atom stereocenters. The molecular formula is C19H30IN3O3. The fraction of sp³-hybridized carbons (Fsp3) is 0.579. The molecule has 2 rings (SSSR count). The van der Waals surface area contributed by atoms with Crippen LogP contribution >= 0.6 is 24.0 Å². The number of halogens is 1. The zero-order chi connectivity index (χ0) is 18.4. The lowest BCUT2D eigenvalue weighted by Gasteiger charge is -2.23. The number of rotatable bonds is 5. The summed E-state index contributed by atoms with van der Waals surface area (Å²) in [7, 11) is 3.19. The molecule has 6 nitrogen and oxygen atoms in total. The van der Waals surface area contributed by atoms with Crippen molar-refractivity contribution >= 4 is 35.9 Å². The summed E-state index contributed by atoms with van der Waals surface area (Å²) < 4.78 is 10.8. The molecule has 1 aliphatic rings. The van der Waals surface area contributed by atoms with Crippen molar-refractivity contribution in [2.24, 2.45) is 16.8 Å². The second-order valence-corrected chi connectivity index (χ2v) is 6.68. The number of guanidine groups is 1. The number of aliphatic imine (C=N–C) groups is 1. The van der Waals surface area contributed by atoms with E-state index in [0.29, 0.717) is 13.1 Å². The van der Waals surface area contributed by atoms with E-state index in [0.717, 1.165) is 18.3 Å². The number of nitrogens with one attached hydrogen (secondary N) is 1. The summed E-state index contributed by atoms with van der Waals surface area (Å²) >= 11 is 0. The Balaban J connectivity index is 0.00000338. The van der Waals surface area contributed by atoms with Crippen LogP contribution in [0, 0.1) is 18.8 Å². The minimum absolute atomic E-state index is 0. The van der Waals surface area contributed by atoms with Gasteiger partial charge < -0.3 is 19.7 Å². The molecule has 0 aliphatic carbocycles. The Hall–Kier alpha value is -1.51. The SMILES string of the molecule is CN=C(NCC(C)Oc1ccc(C)cc1)N1CC(C)C(C(=O)OC)C1.I. The van der Waals surface area contributed by atoms with E-state index >= 15 is 0 Å². The van der Waals surface area contributed by atoms with Crippen molar-refractivity contribution in [1.29, 1.82) is 0 Å². The van der Waals surface area contributed by atoms with Gasteiger partial charge in [-0.25, -0.2) is 0 Å². The molecule has 7 heteroatoms. The Morgan fingerprint density at radius 3 is 2.58 bits per heavy atom. The van der Waals surface area contributed by atoms with Crippen molar-refractivity contribution < 1.29 is 14.3 Å². The summed E-state index contributed by atoms with van der Waals surface area (Å²) in [6, 6.07) is 8.02. The maximum absolute atomic E-state index is 11.8. The molecule has 1 aliphatic heterocycles. The molecular weight excluding hydrogens is 445 g/mol. The molecule has 0 aromatic heterocycles. The molecule has 1 heterocycles. The van der Waals surface area contributed by atoms with Crippen LogP contribution in [0.5, 0.6) is 5.75 Å². The molecule has 1 N–H and O–H groups in total. The van der Waals surface area contributed by atoms with Crippen LogP contribution in [-0.2, 0) is 9.53 Å². The summed E-state index contributed by atoms with van der Waals surface area (Å²) in [5, 5.41) is 3.34. The van der Waals surface area contributed by atoms with Gasteiger partial charge in [-0.15, -0.1) is 24.0 Å². The first-order valence-electron chi connectivity index (χ1n) is 8.71. The minimum atomic E-state index is -0.151. The second kappa shape index (κ2) is 10.6. The smallest absolute Gasteiger partial charge is 0.310 e. The Kier molecular flexibility index (Phi) is 9.18. The number of aryl methyl sites for hydroxylation is 1. The normalized spacial score (nSPS) is 21.0. The van der Waals surface area contributed by atoms with Gasteiger partial charge in [0.15, 0.2) is 5.96 Å². The lowest BCUT2D eigenvalue weighted by molar-refractivity contribution is -0.145. The predicted octanol–water partition coefficient (Wildman–Crippen LogP) is 2.70. The van der Waals surface area contributed by atoms with E-state index in [4.69, 9.17) is 9.47 Å². The Morgan fingerprint density at radius 2 is 2.00 bits per heavy atom. The van der Waals surface area contributed by atoms with Gasteiger partial charge >= 0.3 is 5.97 Å². The molecule has 1 saturated heterocycles. The first-order chi connectivity index (χ1) is 11.9. The number of benzene rings is 1. The number of likely N-dealkylation sites (tertiary alicyclic amines) is 1. The molecule has 0 bridgehead atoms. The number of hydrogen-bond acceptors (Lipinski definition) is 4. The standard InChI is InChI=1S/C19H29N3O3.HI/c1-13-6-8-16(9-7-13)25-15(3)10-21-19(20-4)22-11-14(2)17(12-22)18(23)24-5;/h6-9,14-15,17H,10-12H2,1-5H3,(H,20,21);1H. The number of nitrogens with zero attached hydrogens (tertiary/aromatic N) is 2. The van der Waals surface area contributed by atoms with Gasteiger partial charge in [0, 0.05) is 20.1 Å². The van der Waals surface area contributed by atoms with Gasteiger partial charge in [-0.2, -0.15) is 0 Å². The summed E-state index contributed by atoms with van der Waals surface area (Å²) in [5.41, 5.74) is 1.21. The van der Waals surface area contributed by atoms with Gasteiger partial charge in [-0.3, -0.25) is 9.79 Å². The second-order valence-electron chi connectivity index (χ2n) is 6.68. The van der Waals surface area contributed by atoms with Crippen molar-refractivity contribution in [1.82, 2.24) is 10.2 Å². The van der Waals surface area contributed by atoms with Crippen LogP contribution in [0.1, 0.15) is 19.4 Å². The topological polar surface area (TPSA) is 63.2 Å². The van der Waals surface area contributed by atoms with Crippen LogP contribution in [0.25, 0.3) is 0 Å². The average Bonchev–Trinajstić information content (AvgIpc) is 2.98. The van der Waals surface area contributed by atoms with Gasteiger partial charge in [0.25, 0.3) is 0 Å². The van der Waals surface area contributed by atoms with Crippen LogP contribution in [0.3, 0.4) is 0 Å². The molecule has 1 aromatic carbocycles. The van der Waals surface area contributed by atoms with E-state index in [1.54, 1.807) is 7.05 Å². The van der Waals surface area contributed by atoms with E-state index in [1.807, 2.05) is 31.2 Å². The monoisotopic (exact) mass is 475 g/mol. The number of methoxy groups -OCH3 is 1. The Bertz CT molecular complexity index is 607. The van der Waals surface area contributed by atoms with Gasteiger partial charge in [-0.1, -0.05) is 24.6 Å². The molecule has 3 unspecified atom stereocenters. The van der Waals surface area contributed by atoms with Gasteiger partial charge in [-0.05, 0) is 31.9 Å². The summed E-state index contributed by atoms with van der Waals surface area (Å²) in [6.07, 6.45) is -0.00381. The van der Waals surface area contributed by atoms with Crippen molar-refractivity contribution in [3.05, 3.63) is 29.8 Å². The van der Waals surface area contributed by atoms with Crippen molar-refractivity contribution in [2.75, 3.05) is 33.8 Å². The molecule has 0 saturated carbocycles. The summed E-state index contributed by atoms with van der Waals surface area (Å²) in [5.74, 6) is 1.63. The summed E-state index contributed by atoms with van der Waals surface area (Å²) in [4.78, 5) is 18.3. The van der Waals surface area contributed by atoms with E-state index in [2.05, 4.69) is 29.1 Å². The number of esters is 1. The molecule has 146 valence electrons. The Morgan fingerprint density at radius 1 is 1.35 bits per heavy atom. The third-order valence-electron chi connectivity index (χ3n) is 4.53. The van der Waals surface area contributed by atoms with Crippen LogP contribution in [-0.4, -0.2) is 56.7 Å². The van der Waals surface area contributed by atoms with Gasteiger partial charge in [0.1, 0.15) is 11.9 Å². The quantitative estimate of drug-likeness (QED) is 0.307. The molecule has 1 aromatic rings. The molecule has 1 fully saturated rings. The van der Waals surface area contributed by atoms with Crippen molar-refractivity contribution in [3.8, 4) is 5.75 Å². The Labute approximate surface area is 173 Å². The van der Waals surface area contributed by atoms with Crippen LogP contribution < -0.4 is 10.1 Å². The largest absolute Gasteiger partial charge is 0.489 e. The predicted molar refractivity (Wildman–Crippen MR) is 114 cm³/mol. The lowest BCUT2D eigenvalue weighted by atomic mass is 9.99. The minimum Gasteiger partial charge on any atom is -0.489 e. The average molecular weight is 475 g/mol. The highest BCUT2D eigenvalue weighted by atomic mass is 127. The highest BCUT2D eigenvalue weighted by Crippen LogP contribution is 2.24. The first-order valence-corrected chi connectivity index (χ1v) is 8.71. The van der Waals surface area contributed by atoms with Crippen molar-refractivity contribution in [2.45, 2.75) is 26.9 Å². The third-order valence-corrected chi connectivity index (χ3v) is 4.53. The number of carbonyl (C=O) groups excluding carboxylic acids is 1. The number of carbonyl (C=O) groups is 1. The van der Waals surface area contributed by atoms with E-state index in [9.17, 15) is 4.79 Å². The van der Waals surface area contributed by atoms with Crippen LogP contribution in [0.2, 0.25) is 0 Å². The van der Waals surface area contributed by atoms with E-state index < -0.39 is 0 Å². The van der Waals surface area contributed by atoms with Crippen LogP contribution in [0.15, 0.2) is 29.3 Å². The zero-order valence-corrected chi connectivity index (χ0v) is 18.5. The maximum Gasteiger partial charge on any atom is 0.310 e. The molecule has 26 heavy (non-hydrogen) atoms. The molecule has 0 spiro atoms. The molecule has 0 amide bonds. The fourth-order valence-corrected chi connectivity index (χ4v) is 3.06. The first kappa shape index (κ1) is 22.5. The van der Waals surface area contributed by atoms with Crippen molar-refractivity contribution in [3.63, 3.8) is 0 Å².